The summed E-state index contributed by atoms with van der Waals surface area (Å²) in [6, 6.07) is 6.64. The first-order chi connectivity index (χ1) is 10.1. The highest BCUT2D eigenvalue weighted by Gasteiger charge is 2.22. The van der Waals surface area contributed by atoms with Gasteiger partial charge in [-0.1, -0.05) is 26.0 Å². The van der Waals surface area contributed by atoms with Crippen LogP contribution in [0.3, 0.4) is 0 Å². The molecule has 0 bridgehead atoms. The van der Waals surface area contributed by atoms with Crippen LogP contribution in [0, 0.1) is 12.8 Å². The van der Waals surface area contributed by atoms with Gasteiger partial charge in [-0.2, -0.15) is 0 Å². The molecule has 0 aliphatic heterocycles. The van der Waals surface area contributed by atoms with Gasteiger partial charge in [-0.25, -0.2) is 4.98 Å². The van der Waals surface area contributed by atoms with Crippen LogP contribution in [0.1, 0.15) is 38.2 Å². The lowest BCUT2D eigenvalue weighted by molar-refractivity contribution is 0.0969. The quantitative estimate of drug-likeness (QED) is 0.711. The standard InChI is InChI=1S/C17H25ClN2O/c1-5-21-11-15(12(2)3)20-14-8-6-7-13(4)17(14)19-16(20)9-10-18/h6-8,12,15H,5,9-11H2,1-4H3. The fraction of sp³-hybridized carbons (Fsp3) is 0.588. The average Bonchev–Trinajstić information content (AvgIpc) is 2.80. The molecule has 1 atom stereocenters. The van der Waals surface area contributed by atoms with Crippen molar-refractivity contribution in [3.63, 3.8) is 0 Å². The number of benzene rings is 1. The van der Waals surface area contributed by atoms with Gasteiger partial charge >= 0.3 is 0 Å². The summed E-state index contributed by atoms with van der Waals surface area (Å²) in [6.07, 6.45) is 0.783. The topological polar surface area (TPSA) is 27.1 Å². The summed E-state index contributed by atoms with van der Waals surface area (Å²) in [7, 11) is 0. The summed E-state index contributed by atoms with van der Waals surface area (Å²) in [6.45, 7) is 10.1. The highest BCUT2D eigenvalue weighted by molar-refractivity contribution is 6.17. The summed E-state index contributed by atoms with van der Waals surface area (Å²) >= 11 is 5.98. The van der Waals surface area contributed by atoms with E-state index >= 15 is 0 Å². The van der Waals surface area contributed by atoms with E-state index in [0.717, 1.165) is 24.4 Å². The van der Waals surface area contributed by atoms with Gasteiger partial charge in [0.25, 0.3) is 0 Å². The number of aromatic nitrogens is 2. The predicted molar refractivity (Wildman–Crippen MR) is 89.3 cm³/mol. The lowest BCUT2D eigenvalue weighted by Crippen LogP contribution is -2.23. The van der Waals surface area contributed by atoms with E-state index < -0.39 is 0 Å². The molecule has 1 aromatic heterocycles. The molecule has 0 amide bonds. The maximum absolute atomic E-state index is 5.98. The van der Waals surface area contributed by atoms with Crippen LogP contribution < -0.4 is 0 Å². The van der Waals surface area contributed by atoms with Gasteiger partial charge in [0.15, 0.2) is 0 Å². The van der Waals surface area contributed by atoms with Crippen LogP contribution >= 0.6 is 11.6 Å². The molecule has 3 nitrogen and oxygen atoms in total. The molecule has 2 rings (SSSR count). The first-order valence-corrected chi connectivity index (χ1v) is 8.23. The Hall–Kier alpha value is -1.06. The molecule has 1 aromatic carbocycles. The Morgan fingerprint density at radius 1 is 1.33 bits per heavy atom. The van der Waals surface area contributed by atoms with E-state index in [1.165, 1.54) is 11.1 Å². The van der Waals surface area contributed by atoms with Crippen molar-refractivity contribution in [3.8, 4) is 0 Å². The highest BCUT2D eigenvalue weighted by Crippen LogP contribution is 2.28. The number of alkyl halides is 1. The number of hydrogen-bond donors (Lipinski definition) is 0. The molecule has 0 radical (unpaired) electrons. The second kappa shape index (κ2) is 7.28. The molecule has 0 spiro atoms. The van der Waals surface area contributed by atoms with E-state index in [1.807, 2.05) is 6.92 Å². The monoisotopic (exact) mass is 308 g/mol. The molecular weight excluding hydrogens is 284 g/mol. The van der Waals surface area contributed by atoms with Crippen LogP contribution in [-0.4, -0.2) is 28.6 Å². The minimum atomic E-state index is 0.287. The molecule has 0 fully saturated rings. The molecule has 0 aliphatic carbocycles. The van der Waals surface area contributed by atoms with Crippen LogP contribution in [0.15, 0.2) is 18.2 Å². The molecule has 4 heteroatoms. The molecular formula is C17H25ClN2O. The van der Waals surface area contributed by atoms with Crippen LogP contribution in [0.2, 0.25) is 0 Å². The Kier molecular flexibility index (Phi) is 5.65. The Labute approximate surface area is 132 Å². The van der Waals surface area contributed by atoms with Crippen molar-refractivity contribution in [2.45, 2.75) is 40.2 Å². The second-order valence-corrected chi connectivity index (χ2v) is 6.13. The number of para-hydroxylation sites is 1. The number of imidazole rings is 1. The second-order valence-electron chi connectivity index (χ2n) is 5.75. The zero-order chi connectivity index (χ0) is 15.4. The SMILES string of the molecule is CCOCC(C(C)C)n1c(CCCl)nc2c(C)cccc21. The van der Waals surface area contributed by atoms with E-state index in [9.17, 15) is 0 Å². The maximum atomic E-state index is 5.98. The van der Waals surface area contributed by atoms with Gasteiger partial charge < -0.3 is 9.30 Å². The minimum absolute atomic E-state index is 0.287. The largest absolute Gasteiger partial charge is 0.380 e. The Morgan fingerprint density at radius 3 is 2.71 bits per heavy atom. The Bertz CT molecular complexity index is 592. The summed E-state index contributed by atoms with van der Waals surface area (Å²) in [5.74, 6) is 2.12. The number of ether oxygens (including phenoxy) is 1. The third kappa shape index (κ3) is 3.41. The van der Waals surface area contributed by atoms with Crippen molar-refractivity contribution in [3.05, 3.63) is 29.6 Å². The number of rotatable bonds is 7. The highest BCUT2D eigenvalue weighted by atomic mass is 35.5. The van der Waals surface area contributed by atoms with Gasteiger partial charge in [0.2, 0.25) is 0 Å². The van der Waals surface area contributed by atoms with E-state index in [-0.39, 0.29) is 6.04 Å². The van der Waals surface area contributed by atoms with Crippen LogP contribution in [0.4, 0.5) is 0 Å². The fourth-order valence-corrected chi connectivity index (χ4v) is 2.91. The summed E-state index contributed by atoms with van der Waals surface area (Å²) in [4.78, 5) is 4.84. The smallest absolute Gasteiger partial charge is 0.111 e. The minimum Gasteiger partial charge on any atom is -0.380 e. The first kappa shape index (κ1) is 16.3. The van der Waals surface area contributed by atoms with E-state index in [0.29, 0.717) is 18.4 Å². The Morgan fingerprint density at radius 2 is 2.10 bits per heavy atom. The first-order valence-electron chi connectivity index (χ1n) is 7.70. The van der Waals surface area contributed by atoms with Gasteiger partial charge in [-0.05, 0) is 31.4 Å². The zero-order valence-electron chi connectivity index (χ0n) is 13.4. The van der Waals surface area contributed by atoms with E-state index in [2.05, 4.69) is 43.5 Å². The molecule has 0 aliphatic rings. The van der Waals surface area contributed by atoms with Crippen molar-refractivity contribution in [2.75, 3.05) is 19.1 Å². The number of aryl methyl sites for hydroxylation is 2. The van der Waals surface area contributed by atoms with Crippen LogP contribution in [-0.2, 0) is 11.2 Å². The molecule has 0 N–H and O–H groups in total. The number of fused-ring (bicyclic) bond motifs is 1. The lowest BCUT2D eigenvalue weighted by atomic mass is 10.0. The molecule has 0 saturated carbocycles. The average molecular weight is 309 g/mol. The third-order valence-corrected chi connectivity index (χ3v) is 4.10. The molecule has 2 aromatic rings. The lowest BCUT2D eigenvalue weighted by Gasteiger charge is -2.25. The van der Waals surface area contributed by atoms with Crippen molar-refractivity contribution >= 4 is 22.6 Å². The number of halogens is 1. The summed E-state index contributed by atoms with van der Waals surface area (Å²) in [5, 5.41) is 0. The summed E-state index contributed by atoms with van der Waals surface area (Å²) in [5.41, 5.74) is 3.48. The third-order valence-electron chi connectivity index (χ3n) is 3.91. The van der Waals surface area contributed by atoms with E-state index in [4.69, 9.17) is 21.3 Å². The van der Waals surface area contributed by atoms with Gasteiger partial charge in [0.05, 0.1) is 23.7 Å². The molecule has 0 saturated heterocycles. The van der Waals surface area contributed by atoms with E-state index in [1.54, 1.807) is 0 Å². The molecule has 1 heterocycles. The van der Waals surface area contributed by atoms with Gasteiger partial charge in [-0.15, -0.1) is 11.6 Å². The van der Waals surface area contributed by atoms with Crippen molar-refractivity contribution in [1.82, 2.24) is 9.55 Å². The van der Waals surface area contributed by atoms with Crippen LogP contribution in [0.5, 0.6) is 0 Å². The van der Waals surface area contributed by atoms with Crippen molar-refractivity contribution in [1.29, 1.82) is 0 Å². The van der Waals surface area contributed by atoms with Gasteiger partial charge in [0, 0.05) is 18.9 Å². The van der Waals surface area contributed by atoms with Crippen molar-refractivity contribution in [2.24, 2.45) is 5.92 Å². The molecule has 116 valence electrons. The summed E-state index contributed by atoms with van der Waals surface area (Å²) < 4.78 is 8.05. The van der Waals surface area contributed by atoms with Gasteiger partial charge in [-0.3, -0.25) is 0 Å². The predicted octanol–water partition coefficient (Wildman–Crippen LogP) is 4.36. The number of hydrogen-bond acceptors (Lipinski definition) is 2. The molecule has 21 heavy (non-hydrogen) atoms. The fourth-order valence-electron chi connectivity index (χ4n) is 2.74. The zero-order valence-corrected chi connectivity index (χ0v) is 14.2. The van der Waals surface area contributed by atoms with Gasteiger partial charge in [0.1, 0.15) is 5.82 Å². The Balaban J connectivity index is 2.57. The maximum Gasteiger partial charge on any atom is 0.111 e. The van der Waals surface area contributed by atoms with Crippen molar-refractivity contribution < 1.29 is 4.74 Å². The molecule has 1 unspecified atom stereocenters. The van der Waals surface area contributed by atoms with Crippen LogP contribution in [0.25, 0.3) is 11.0 Å². The normalized spacial score (nSPS) is 13.2. The number of nitrogens with zero attached hydrogens (tertiary/aromatic N) is 2.